The van der Waals surface area contributed by atoms with Crippen LogP contribution >= 0.6 is 0 Å². The van der Waals surface area contributed by atoms with Crippen LogP contribution in [0.3, 0.4) is 0 Å². The molecule has 0 aliphatic rings. The summed E-state index contributed by atoms with van der Waals surface area (Å²) in [6.45, 7) is 1.89. The van der Waals surface area contributed by atoms with Gasteiger partial charge in [0, 0.05) is 38.4 Å². The quantitative estimate of drug-likeness (QED) is 0.734. The Bertz CT molecular complexity index is 572. The molecule has 4 nitrogen and oxygen atoms in total. The van der Waals surface area contributed by atoms with Crippen molar-refractivity contribution in [2.75, 3.05) is 13.1 Å². The zero-order valence-corrected chi connectivity index (χ0v) is 12.4. The number of pyridine rings is 1. The van der Waals surface area contributed by atoms with Crippen LogP contribution in [0.5, 0.6) is 0 Å². The van der Waals surface area contributed by atoms with E-state index in [9.17, 15) is 9.18 Å². The van der Waals surface area contributed by atoms with Crippen molar-refractivity contribution in [3.8, 4) is 0 Å². The molecule has 0 saturated heterocycles. The highest BCUT2D eigenvalue weighted by molar-refractivity contribution is 5.76. The fourth-order valence-electron chi connectivity index (χ4n) is 2.02. The lowest BCUT2D eigenvalue weighted by atomic mass is 10.1. The number of halogens is 1. The number of carbonyl (C=O) groups is 1. The van der Waals surface area contributed by atoms with Crippen LogP contribution in [0.4, 0.5) is 4.39 Å². The maximum absolute atomic E-state index is 12.8. The number of hydrogen-bond acceptors (Lipinski definition) is 3. The van der Waals surface area contributed by atoms with Crippen LogP contribution in [0, 0.1) is 5.82 Å². The number of nitrogens with one attached hydrogen (secondary N) is 2. The lowest BCUT2D eigenvalue weighted by molar-refractivity contribution is -0.120. The third-order valence-corrected chi connectivity index (χ3v) is 3.23. The van der Waals surface area contributed by atoms with E-state index in [0.717, 1.165) is 11.1 Å². The highest BCUT2D eigenvalue weighted by atomic mass is 19.1. The molecule has 0 aliphatic carbocycles. The molecule has 2 aromatic rings. The minimum Gasteiger partial charge on any atom is -0.356 e. The number of rotatable bonds is 8. The number of benzene rings is 1. The Balaban J connectivity index is 1.55. The predicted octanol–water partition coefficient (Wildman–Crippen LogP) is 2.06. The molecular formula is C17H20FN3O. The second kappa shape index (κ2) is 8.89. The summed E-state index contributed by atoms with van der Waals surface area (Å²) < 4.78 is 12.8. The van der Waals surface area contributed by atoms with Crippen LogP contribution in [-0.2, 0) is 17.8 Å². The minimum atomic E-state index is -0.243. The fourth-order valence-corrected chi connectivity index (χ4v) is 2.02. The second-order valence-corrected chi connectivity index (χ2v) is 5.01. The van der Waals surface area contributed by atoms with E-state index in [1.54, 1.807) is 24.5 Å². The average Bonchev–Trinajstić information content (AvgIpc) is 2.54. The highest BCUT2D eigenvalue weighted by Crippen LogP contribution is 2.02. The molecule has 0 fully saturated rings. The van der Waals surface area contributed by atoms with Crippen LogP contribution in [0.25, 0.3) is 0 Å². The zero-order chi connectivity index (χ0) is 15.6. The summed E-state index contributed by atoms with van der Waals surface area (Å²) in [5.41, 5.74) is 2.11. The highest BCUT2D eigenvalue weighted by Gasteiger charge is 2.01. The summed E-state index contributed by atoms with van der Waals surface area (Å²) in [7, 11) is 0. The van der Waals surface area contributed by atoms with E-state index in [0.29, 0.717) is 32.5 Å². The first-order chi connectivity index (χ1) is 10.7. The fraction of sp³-hybridized carbons (Fsp3) is 0.294. The summed E-state index contributed by atoms with van der Waals surface area (Å²) >= 11 is 0. The third-order valence-electron chi connectivity index (χ3n) is 3.23. The van der Waals surface area contributed by atoms with E-state index in [1.165, 1.54) is 12.1 Å². The summed E-state index contributed by atoms with van der Waals surface area (Å²) in [5.74, 6) is -0.228. The molecule has 1 amide bonds. The standard InChI is InChI=1S/C17H20FN3O/c18-16-5-3-14(4-6-16)7-11-21-17(22)8-10-20-13-15-2-1-9-19-12-15/h1-6,9,12,20H,7-8,10-11,13H2,(H,21,22). The predicted molar refractivity (Wildman–Crippen MR) is 83.7 cm³/mol. The summed E-state index contributed by atoms with van der Waals surface area (Å²) in [5, 5.41) is 6.06. The normalized spacial score (nSPS) is 10.4. The van der Waals surface area contributed by atoms with Gasteiger partial charge in [-0.15, -0.1) is 0 Å². The van der Waals surface area contributed by atoms with Gasteiger partial charge in [-0.25, -0.2) is 4.39 Å². The van der Waals surface area contributed by atoms with Crippen molar-refractivity contribution in [2.24, 2.45) is 0 Å². The molecule has 0 spiro atoms. The number of carbonyl (C=O) groups excluding carboxylic acids is 1. The van der Waals surface area contributed by atoms with E-state index in [2.05, 4.69) is 15.6 Å². The van der Waals surface area contributed by atoms with Gasteiger partial charge in [0.05, 0.1) is 0 Å². The number of hydrogen-bond donors (Lipinski definition) is 2. The number of amides is 1. The van der Waals surface area contributed by atoms with Crippen molar-refractivity contribution in [1.29, 1.82) is 0 Å². The van der Waals surface area contributed by atoms with Crippen molar-refractivity contribution in [3.63, 3.8) is 0 Å². The average molecular weight is 301 g/mol. The number of nitrogens with zero attached hydrogens (tertiary/aromatic N) is 1. The lowest BCUT2D eigenvalue weighted by Crippen LogP contribution is -2.29. The van der Waals surface area contributed by atoms with E-state index in [4.69, 9.17) is 0 Å². The minimum absolute atomic E-state index is 0.0146. The Morgan fingerprint density at radius 2 is 1.91 bits per heavy atom. The molecule has 0 unspecified atom stereocenters. The van der Waals surface area contributed by atoms with Crippen molar-refractivity contribution in [1.82, 2.24) is 15.6 Å². The molecule has 2 rings (SSSR count). The van der Waals surface area contributed by atoms with Gasteiger partial charge >= 0.3 is 0 Å². The topological polar surface area (TPSA) is 54.0 Å². The van der Waals surface area contributed by atoms with Crippen LogP contribution in [0.1, 0.15) is 17.5 Å². The Morgan fingerprint density at radius 3 is 2.64 bits per heavy atom. The van der Waals surface area contributed by atoms with Gasteiger partial charge in [0.25, 0.3) is 0 Å². The molecule has 0 atom stereocenters. The van der Waals surface area contributed by atoms with Gasteiger partial charge in [-0.1, -0.05) is 18.2 Å². The van der Waals surface area contributed by atoms with Crippen LogP contribution < -0.4 is 10.6 Å². The van der Waals surface area contributed by atoms with Crippen LogP contribution in [0.2, 0.25) is 0 Å². The molecule has 1 aromatic carbocycles. The first kappa shape index (κ1) is 16.1. The van der Waals surface area contributed by atoms with Gasteiger partial charge in [0.1, 0.15) is 5.82 Å². The molecule has 0 saturated carbocycles. The van der Waals surface area contributed by atoms with E-state index >= 15 is 0 Å². The van der Waals surface area contributed by atoms with Gasteiger partial charge in [-0.05, 0) is 35.7 Å². The van der Waals surface area contributed by atoms with Gasteiger partial charge in [0.15, 0.2) is 0 Å². The molecule has 0 radical (unpaired) electrons. The zero-order valence-electron chi connectivity index (χ0n) is 12.4. The summed E-state index contributed by atoms with van der Waals surface area (Å²) in [4.78, 5) is 15.7. The lowest BCUT2D eigenvalue weighted by Gasteiger charge is -2.07. The molecule has 1 heterocycles. The monoisotopic (exact) mass is 301 g/mol. The van der Waals surface area contributed by atoms with E-state index < -0.39 is 0 Å². The smallest absolute Gasteiger partial charge is 0.221 e. The molecular weight excluding hydrogens is 281 g/mol. The molecule has 116 valence electrons. The molecule has 0 bridgehead atoms. The molecule has 22 heavy (non-hydrogen) atoms. The number of aromatic nitrogens is 1. The SMILES string of the molecule is O=C(CCNCc1cccnc1)NCCc1ccc(F)cc1. The Morgan fingerprint density at radius 1 is 1.09 bits per heavy atom. The Kier molecular flexibility index (Phi) is 6.51. The van der Waals surface area contributed by atoms with Gasteiger partial charge in [0.2, 0.25) is 5.91 Å². The summed E-state index contributed by atoms with van der Waals surface area (Å²) in [6.07, 6.45) is 4.67. The molecule has 2 N–H and O–H groups in total. The van der Waals surface area contributed by atoms with Crippen molar-refractivity contribution < 1.29 is 9.18 Å². The molecule has 0 aliphatic heterocycles. The second-order valence-electron chi connectivity index (χ2n) is 5.01. The van der Waals surface area contributed by atoms with Gasteiger partial charge in [-0.2, -0.15) is 0 Å². The van der Waals surface area contributed by atoms with Crippen LogP contribution in [-0.4, -0.2) is 24.0 Å². The first-order valence-electron chi connectivity index (χ1n) is 7.35. The van der Waals surface area contributed by atoms with E-state index in [-0.39, 0.29) is 11.7 Å². The molecule has 5 heteroatoms. The first-order valence-corrected chi connectivity index (χ1v) is 7.35. The molecule has 1 aromatic heterocycles. The van der Waals surface area contributed by atoms with Crippen molar-refractivity contribution >= 4 is 5.91 Å². The van der Waals surface area contributed by atoms with Gasteiger partial charge < -0.3 is 10.6 Å². The van der Waals surface area contributed by atoms with Crippen LogP contribution in [0.15, 0.2) is 48.8 Å². The third kappa shape index (κ3) is 6.01. The van der Waals surface area contributed by atoms with Gasteiger partial charge in [-0.3, -0.25) is 9.78 Å². The maximum atomic E-state index is 12.8. The largest absolute Gasteiger partial charge is 0.356 e. The van der Waals surface area contributed by atoms with Crippen molar-refractivity contribution in [3.05, 3.63) is 65.7 Å². The Labute approximate surface area is 129 Å². The maximum Gasteiger partial charge on any atom is 0.221 e. The van der Waals surface area contributed by atoms with E-state index in [1.807, 2.05) is 12.1 Å². The summed E-state index contributed by atoms with van der Waals surface area (Å²) in [6, 6.07) is 10.2. The Hall–Kier alpha value is -2.27. The van der Waals surface area contributed by atoms with Crippen molar-refractivity contribution in [2.45, 2.75) is 19.4 Å².